The molecule has 0 aromatic heterocycles. The van der Waals surface area contributed by atoms with Gasteiger partial charge >= 0.3 is 6.18 Å². The number of rotatable bonds is 0. The van der Waals surface area contributed by atoms with E-state index < -0.39 is 11.7 Å². The number of halogens is 5. The molecule has 1 aromatic carbocycles. The van der Waals surface area contributed by atoms with E-state index in [0.29, 0.717) is 4.47 Å². The molecule has 0 saturated carbocycles. The second kappa shape index (κ2) is 3.26. The molecule has 0 atom stereocenters. The van der Waals surface area contributed by atoms with Crippen molar-refractivity contribution in [2.24, 2.45) is 0 Å². The zero-order valence-corrected chi connectivity index (χ0v) is 7.89. The van der Waals surface area contributed by atoms with Crippen LogP contribution in [0.5, 0.6) is 0 Å². The first-order valence-electron chi connectivity index (χ1n) is 2.85. The summed E-state index contributed by atoms with van der Waals surface area (Å²) in [6.07, 6.45) is -4.38. The van der Waals surface area contributed by atoms with Gasteiger partial charge in [0.25, 0.3) is 0 Å². The average molecular weight is 258 g/mol. The van der Waals surface area contributed by atoms with Gasteiger partial charge in [0, 0.05) is 4.47 Å². The van der Waals surface area contributed by atoms with E-state index in [-0.39, 0.29) is 5.02 Å². The molecule has 1 rings (SSSR count). The molecule has 1 radical (unpaired) electrons. The van der Waals surface area contributed by atoms with E-state index in [2.05, 4.69) is 22.0 Å². The lowest BCUT2D eigenvalue weighted by Gasteiger charge is -2.06. The molecule has 0 N–H and O–H groups in total. The molecule has 0 aliphatic carbocycles. The lowest BCUT2D eigenvalue weighted by atomic mass is 10.2. The van der Waals surface area contributed by atoms with E-state index in [1.807, 2.05) is 0 Å². The summed E-state index contributed by atoms with van der Waals surface area (Å²) >= 11 is 8.42. The minimum Gasteiger partial charge on any atom is -0.166 e. The third kappa shape index (κ3) is 2.14. The van der Waals surface area contributed by atoms with Crippen molar-refractivity contribution in [2.45, 2.75) is 6.18 Å². The molecule has 0 fully saturated rings. The molecule has 0 heterocycles. The second-order valence-corrected chi connectivity index (χ2v) is 3.30. The van der Waals surface area contributed by atoms with Crippen LogP contribution in [0.25, 0.3) is 0 Å². The molecule has 0 unspecified atom stereocenters. The topological polar surface area (TPSA) is 0 Å². The fourth-order valence-corrected chi connectivity index (χ4v) is 1.00. The average Bonchev–Trinajstić information content (AvgIpc) is 1.92. The minimum atomic E-state index is -4.38. The Kier molecular flexibility index (Phi) is 2.68. The maximum atomic E-state index is 12.0. The lowest BCUT2D eigenvalue weighted by Crippen LogP contribution is -2.04. The summed E-state index contributed by atoms with van der Waals surface area (Å²) < 4.78 is 36.4. The van der Waals surface area contributed by atoms with E-state index in [0.717, 1.165) is 12.1 Å². The number of benzene rings is 1. The fourth-order valence-electron chi connectivity index (χ4n) is 0.611. The zero-order chi connectivity index (χ0) is 9.35. The van der Waals surface area contributed by atoms with Crippen molar-refractivity contribution in [1.82, 2.24) is 0 Å². The van der Waals surface area contributed by atoms with E-state index in [9.17, 15) is 13.2 Å². The molecule has 0 saturated heterocycles. The van der Waals surface area contributed by atoms with Gasteiger partial charge < -0.3 is 0 Å². The van der Waals surface area contributed by atoms with E-state index in [4.69, 9.17) is 11.6 Å². The minimum absolute atomic E-state index is 0.0288. The van der Waals surface area contributed by atoms with Crippen LogP contribution in [0.15, 0.2) is 16.6 Å². The SMILES string of the molecule is FC(F)(F)c1[c]cc(Br)c(Cl)c1. The van der Waals surface area contributed by atoms with Crippen molar-refractivity contribution in [3.63, 3.8) is 0 Å². The maximum absolute atomic E-state index is 12.0. The first-order valence-corrected chi connectivity index (χ1v) is 4.02. The largest absolute Gasteiger partial charge is 0.417 e. The standard InChI is InChI=1S/C7H2BrClF3/c8-5-2-1-4(3-6(5)9)7(10,11)12/h2-3H. The molecule has 5 heteroatoms. The molecule has 12 heavy (non-hydrogen) atoms. The van der Waals surface area contributed by atoms with Crippen LogP contribution in [0.3, 0.4) is 0 Å². The summed E-state index contributed by atoms with van der Waals surface area (Å²) in [5, 5.41) is 0.0288. The third-order valence-corrected chi connectivity index (χ3v) is 2.36. The number of alkyl halides is 3. The second-order valence-electron chi connectivity index (χ2n) is 2.04. The smallest absolute Gasteiger partial charge is 0.166 e. The summed E-state index contributed by atoms with van der Waals surface area (Å²) in [4.78, 5) is 0. The molecule has 0 nitrogen and oxygen atoms in total. The van der Waals surface area contributed by atoms with Gasteiger partial charge in [-0.2, -0.15) is 13.2 Å². The van der Waals surface area contributed by atoms with Crippen LogP contribution < -0.4 is 0 Å². The molecule has 0 amide bonds. The summed E-state index contributed by atoms with van der Waals surface area (Å²) in [6.45, 7) is 0. The predicted octanol–water partition coefficient (Wildman–Crippen LogP) is 3.92. The van der Waals surface area contributed by atoms with Crippen molar-refractivity contribution in [2.75, 3.05) is 0 Å². The number of hydrogen-bond acceptors (Lipinski definition) is 0. The van der Waals surface area contributed by atoms with Crippen molar-refractivity contribution in [3.05, 3.63) is 33.3 Å². The summed E-state index contributed by atoms with van der Waals surface area (Å²) in [7, 11) is 0. The molecule has 65 valence electrons. The lowest BCUT2D eigenvalue weighted by molar-refractivity contribution is -0.137. The molecule has 0 spiro atoms. The van der Waals surface area contributed by atoms with Crippen molar-refractivity contribution in [3.8, 4) is 0 Å². The van der Waals surface area contributed by atoms with Crippen LogP contribution >= 0.6 is 27.5 Å². The van der Waals surface area contributed by atoms with Gasteiger partial charge in [-0.1, -0.05) is 11.6 Å². The highest BCUT2D eigenvalue weighted by Gasteiger charge is 2.30. The molecular weight excluding hydrogens is 256 g/mol. The maximum Gasteiger partial charge on any atom is 0.417 e. The van der Waals surface area contributed by atoms with Gasteiger partial charge in [-0.3, -0.25) is 0 Å². The Morgan fingerprint density at radius 3 is 2.42 bits per heavy atom. The first kappa shape index (κ1) is 9.86. The van der Waals surface area contributed by atoms with Gasteiger partial charge in [0.15, 0.2) is 0 Å². The van der Waals surface area contributed by atoms with Gasteiger partial charge in [0.1, 0.15) is 0 Å². The molecule has 0 aliphatic rings. The van der Waals surface area contributed by atoms with Crippen molar-refractivity contribution in [1.29, 1.82) is 0 Å². The van der Waals surface area contributed by atoms with Gasteiger partial charge in [0.05, 0.1) is 10.6 Å². The van der Waals surface area contributed by atoms with Crippen molar-refractivity contribution < 1.29 is 13.2 Å². The molecule has 1 aromatic rings. The van der Waals surface area contributed by atoms with Gasteiger partial charge in [-0.15, -0.1) is 0 Å². The Bertz CT molecular complexity index is 295. The Balaban J connectivity index is 3.14. The Morgan fingerprint density at radius 1 is 1.42 bits per heavy atom. The normalized spacial score (nSPS) is 11.8. The predicted molar refractivity (Wildman–Crippen MR) is 43.0 cm³/mol. The highest BCUT2D eigenvalue weighted by Crippen LogP contribution is 2.33. The monoisotopic (exact) mass is 257 g/mol. The Labute approximate surface area is 80.5 Å². The van der Waals surface area contributed by atoms with Crippen molar-refractivity contribution >= 4 is 27.5 Å². The summed E-state index contributed by atoms with van der Waals surface area (Å²) in [5.41, 5.74) is -0.865. The van der Waals surface area contributed by atoms with E-state index in [1.165, 1.54) is 0 Å². The fraction of sp³-hybridized carbons (Fsp3) is 0.143. The van der Waals surface area contributed by atoms with Crippen LogP contribution in [0.4, 0.5) is 13.2 Å². The van der Waals surface area contributed by atoms with Crippen LogP contribution in [-0.4, -0.2) is 0 Å². The van der Waals surface area contributed by atoms with E-state index in [1.54, 1.807) is 0 Å². The molecule has 0 aliphatic heterocycles. The quantitative estimate of drug-likeness (QED) is 0.661. The molecule has 0 bridgehead atoms. The first-order chi connectivity index (χ1) is 5.41. The summed E-state index contributed by atoms with van der Waals surface area (Å²) in [5.74, 6) is 0. The van der Waals surface area contributed by atoms with Crippen LogP contribution in [-0.2, 0) is 6.18 Å². The molecular formula is C7H2BrClF3. The highest BCUT2D eigenvalue weighted by molar-refractivity contribution is 9.10. The van der Waals surface area contributed by atoms with E-state index >= 15 is 0 Å². The zero-order valence-electron chi connectivity index (χ0n) is 5.54. The highest BCUT2D eigenvalue weighted by atomic mass is 79.9. The summed E-state index contributed by atoms with van der Waals surface area (Å²) in [6, 6.07) is 4.03. The number of hydrogen-bond donors (Lipinski definition) is 0. The Morgan fingerprint density at radius 2 is 2.00 bits per heavy atom. The third-order valence-electron chi connectivity index (χ3n) is 1.16. The Hall–Kier alpha value is -0.220. The van der Waals surface area contributed by atoms with Gasteiger partial charge in [0.2, 0.25) is 0 Å². The van der Waals surface area contributed by atoms with Crippen LogP contribution in [0, 0.1) is 6.07 Å². The van der Waals surface area contributed by atoms with Gasteiger partial charge in [-0.05, 0) is 34.1 Å². The van der Waals surface area contributed by atoms with Gasteiger partial charge in [-0.25, -0.2) is 0 Å². The van der Waals surface area contributed by atoms with Crippen LogP contribution in [0.1, 0.15) is 5.56 Å². The van der Waals surface area contributed by atoms with Crippen LogP contribution in [0.2, 0.25) is 5.02 Å².